The fourth-order valence-corrected chi connectivity index (χ4v) is 2.26. The van der Waals surface area contributed by atoms with Gasteiger partial charge in [-0.3, -0.25) is 4.79 Å². The highest BCUT2D eigenvalue weighted by atomic mass is 35.5. The van der Waals surface area contributed by atoms with Crippen molar-refractivity contribution in [1.29, 1.82) is 0 Å². The van der Waals surface area contributed by atoms with Crippen molar-refractivity contribution >= 4 is 18.4 Å². The minimum atomic E-state index is -0.0168. The van der Waals surface area contributed by atoms with Gasteiger partial charge in [0, 0.05) is 6.42 Å². The number of piperidine rings is 1. The van der Waals surface area contributed by atoms with Crippen LogP contribution in [0.1, 0.15) is 13.3 Å². The zero-order valence-electron chi connectivity index (χ0n) is 7.79. The largest absolute Gasteiger partial charge is 0.466 e. The van der Waals surface area contributed by atoms with Gasteiger partial charge in [-0.05, 0) is 37.8 Å². The summed E-state index contributed by atoms with van der Waals surface area (Å²) >= 11 is 0. The number of rotatable bonds is 3. The minimum Gasteiger partial charge on any atom is -0.466 e. The van der Waals surface area contributed by atoms with Crippen LogP contribution in [-0.4, -0.2) is 25.7 Å². The van der Waals surface area contributed by atoms with Gasteiger partial charge < -0.3 is 10.1 Å². The summed E-state index contributed by atoms with van der Waals surface area (Å²) < 4.78 is 4.90. The van der Waals surface area contributed by atoms with E-state index < -0.39 is 0 Å². The highest BCUT2D eigenvalue weighted by molar-refractivity contribution is 5.85. The van der Waals surface area contributed by atoms with Gasteiger partial charge >= 0.3 is 5.97 Å². The first kappa shape index (κ1) is 10.8. The monoisotopic (exact) mass is 205 g/mol. The summed E-state index contributed by atoms with van der Waals surface area (Å²) in [5.74, 6) is 2.16. The molecule has 0 aromatic rings. The molecule has 1 N–H and O–H groups in total. The van der Waals surface area contributed by atoms with Crippen LogP contribution in [0.25, 0.3) is 0 Å². The Hall–Kier alpha value is -0.280. The first-order valence-corrected chi connectivity index (χ1v) is 4.69. The number of halogens is 1. The molecule has 1 aliphatic heterocycles. The number of hydrogen-bond acceptors (Lipinski definition) is 3. The maximum atomic E-state index is 11.1. The Morgan fingerprint density at radius 1 is 1.46 bits per heavy atom. The average molecular weight is 206 g/mol. The Bertz CT molecular complexity index is 188. The van der Waals surface area contributed by atoms with Crippen molar-refractivity contribution in [3.8, 4) is 0 Å². The Kier molecular flexibility index (Phi) is 3.56. The second-order valence-electron chi connectivity index (χ2n) is 3.66. The molecule has 0 aromatic carbocycles. The number of esters is 1. The van der Waals surface area contributed by atoms with Gasteiger partial charge in [0.1, 0.15) is 0 Å². The lowest BCUT2D eigenvalue weighted by atomic mass is 10.2. The van der Waals surface area contributed by atoms with Crippen molar-refractivity contribution in [3.05, 3.63) is 0 Å². The van der Waals surface area contributed by atoms with E-state index in [1.54, 1.807) is 0 Å². The molecule has 3 atom stereocenters. The Morgan fingerprint density at radius 3 is 2.62 bits per heavy atom. The SMILES string of the molecule is CCOC(=O)CC1[C@H]2CNC[C@@H]12.Cl. The molecule has 1 heterocycles. The normalized spacial score (nSPS) is 34.7. The summed E-state index contributed by atoms with van der Waals surface area (Å²) in [6.07, 6.45) is 0.644. The number of nitrogens with one attached hydrogen (secondary N) is 1. The maximum Gasteiger partial charge on any atom is 0.306 e. The first-order chi connectivity index (χ1) is 5.83. The third-order valence-corrected chi connectivity index (χ3v) is 2.98. The van der Waals surface area contributed by atoms with Gasteiger partial charge in [0.05, 0.1) is 6.61 Å². The van der Waals surface area contributed by atoms with Crippen LogP contribution in [0.2, 0.25) is 0 Å². The van der Waals surface area contributed by atoms with Gasteiger partial charge in [0.2, 0.25) is 0 Å². The van der Waals surface area contributed by atoms with Crippen LogP contribution in [-0.2, 0) is 9.53 Å². The summed E-state index contributed by atoms with van der Waals surface area (Å²) in [6, 6.07) is 0. The van der Waals surface area contributed by atoms with E-state index in [0.717, 1.165) is 24.9 Å². The van der Waals surface area contributed by atoms with Crippen molar-refractivity contribution in [3.63, 3.8) is 0 Å². The fourth-order valence-electron chi connectivity index (χ4n) is 2.26. The van der Waals surface area contributed by atoms with Crippen LogP contribution in [0.4, 0.5) is 0 Å². The summed E-state index contributed by atoms with van der Waals surface area (Å²) in [4.78, 5) is 11.1. The van der Waals surface area contributed by atoms with E-state index >= 15 is 0 Å². The predicted molar refractivity (Wildman–Crippen MR) is 51.8 cm³/mol. The second kappa shape index (κ2) is 4.29. The van der Waals surface area contributed by atoms with E-state index in [1.807, 2.05) is 6.92 Å². The van der Waals surface area contributed by atoms with Crippen molar-refractivity contribution < 1.29 is 9.53 Å². The summed E-state index contributed by atoms with van der Waals surface area (Å²) in [5.41, 5.74) is 0. The molecule has 4 heteroatoms. The lowest BCUT2D eigenvalue weighted by Crippen LogP contribution is -2.16. The molecule has 13 heavy (non-hydrogen) atoms. The van der Waals surface area contributed by atoms with Gasteiger partial charge in [-0.25, -0.2) is 0 Å². The van der Waals surface area contributed by atoms with Gasteiger partial charge in [-0.1, -0.05) is 0 Å². The van der Waals surface area contributed by atoms with Gasteiger partial charge in [-0.2, -0.15) is 0 Å². The summed E-state index contributed by atoms with van der Waals surface area (Å²) in [5, 5.41) is 3.30. The van der Waals surface area contributed by atoms with E-state index in [2.05, 4.69) is 5.32 Å². The van der Waals surface area contributed by atoms with Crippen molar-refractivity contribution in [2.24, 2.45) is 17.8 Å². The fraction of sp³-hybridized carbons (Fsp3) is 0.889. The summed E-state index contributed by atoms with van der Waals surface area (Å²) in [7, 11) is 0. The van der Waals surface area contributed by atoms with E-state index in [1.165, 1.54) is 0 Å². The smallest absolute Gasteiger partial charge is 0.306 e. The number of carbonyl (C=O) groups excluding carboxylic acids is 1. The molecule has 1 unspecified atom stereocenters. The third kappa shape index (κ3) is 2.15. The summed E-state index contributed by atoms with van der Waals surface area (Å²) in [6.45, 7) is 4.58. The number of carbonyl (C=O) groups is 1. The molecule has 0 aromatic heterocycles. The molecule has 0 spiro atoms. The average Bonchev–Trinajstić information content (AvgIpc) is 2.51. The van der Waals surface area contributed by atoms with Crippen LogP contribution >= 0.6 is 12.4 Å². The van der Waals surface area contributed by atoms with Crippen LogP contribution in [0.15, 0.2) is 0 Å². The Balaban J connectivity index is 0.000000845. The number of ether oxygens (including phenoxy) is 1. The predicted octanol–water partition coefficient (Wildman–Crippen LogP) is 0.827. The van der Waals surface area contributed by atoms with Gasteiger partial charge in [-0.15, -0.1) is 12.4 Å². The topological polar surface area (TPSA) is 38.3 Å². The van der Waals surface area contributed by atoms with Crippen LogP contribution in [0, 0.1) is 17.8 Å². The highest BCUT2D eigenvalue weighted by Gasteiger charge is 2.53. The lowest BCUT2D eigenvalue weighted by Gasteiger charge is -2.03. The standard InChI is InChI=1S/C9H15NO2.ClH/c1-2-12-9(11)3-6-7-4-10-5-8(6)7;/h6-8,10H,2-5H2,1H3;1H/t6?,7-,8+;. The van der Waals surface area contributed by atoms with E-state index in [-0.39, 0.29) is 18.4 Å². The van der Waals surface area contributed by atoms with Gasteiger partial charge in [0.25, 0.3) is 0 Å². The highest BCUT2D eigenvalue weighted by Crippen LogP contribution is 2.50. The second-order valence-corrected chi connectivity index (χ2v) is 3.66. The molecule has 2 aliphatic rings. The van der Waals surface area contributed by atoms with Crippen molar-refractivity contribution in [1.82, 2.24) is 5.32 Å². The number of fused-ring (bicyclic) bond motifs is 1. The molecule has 0 amide bonds. The first-order valence-electron chi connectivity index (χ1n) is 4.69. The third-order valence-electron chi connectivity index (χ3n) is 2.98. The molecular formula is C9H16ClNO2. The van der Waals surface area contributed by atoms with Crippen molar-refractivity contribution in [2.75, 3.05) is 19.7 Å². The molecule has 1 aliphatic carbocycles. The maximum absolute atomic E-state index is 11.1. The lowest BCUT2D eigenvalue weighted by molar-refractivity contribution is -0.143. The van der Waals surface area contributed by atoms with Gasteiger partial charge in [0.15, 0.2) is 0 Å². The molecule has 1 saturated heterocycles. The van der Waals surface area contributed by atoms with E-state index in [9.17, 15) is 4.79 Å². The zero-order valence-corrected chi connectivity index (χ0v) is 8.60. The van der Waals surface area contributed by atoms with E-state index in [4.69, 9.17) is 4.74 Å². The Morgan fingerprint density at radius 2 is 2.08 bits per heavy atom. The molecular weight excluding hydrogens is 190 g/mol. The zero-order chi connectivity index (χ0) is 8.55. The minimum absolute atomic E-state index is 0. The van der Waals surface area contributed by atoms with Crippen molar-refractivity contribution in [2.45, 2.75) is 13.3 Å². The molecule has 2 rings (SSSR count). The van der Waals surface area contributed by atoms with Crippen LogP contribution in [0.3, 0.4) is 0 Å². The van der Waals surface area contributed by atoms with Crippen LogP contribution in [0.5, 0.6) is 0 Å². The van der Waals surface area contributed by atoms with E-state index in [0.29, 0.717) is 18.9 Å². The van der Waals surface area contributed by atoms with Crippen LogP contribution < -0.4 is 5.32 Å². The molecule has 1 saturated carbocycles. The molecule has 0 bridgehead atoms. The molecule has 0 radical (unpaired) electrons. The molecule has 2 fully saturated rings. The quantitative estimate of drug-likeness (QED) is 0.694. The molecule has 3 nitrogen and oxygen atoms in total. The number of hydrogen-bond donors (Lipinski definition) is 1. The Labute approximate surface area is 84.6 Å². The molecule has 76 valence electrons.